The summed E-state index contributed by atoms with van der Waals surface area (Å²) < 4.78 is 0. The molecule has 0 aliphatic heterocycles. The topological polar surface area (TPSA) is 29.1 Å². The summed E-state index contributed by atoms with van der Waals surface area (Å²) in [7, 11) is 0. The maximum atomic E-state index is 9.88. The molecule has 2 nitrogen and oxygen atoms in total. The van der Waals surface area contributed by atoms with Gasteiger partial charge in [-0.1, -0.05) is 5.92 Å². The van der Waals surface area contributed by atoms with Crippen molar-refractivity contribution in [1.82, 2.24) is 5.32 Å². The Hall–Kier alpha value is -0.970. The van der Waals surface area contributed by atoms with Gasteiger partial charge in [0.15, 0.2) is 0 Å². The van der Waals surface area contributed by atoms with Crippen LogP contribution in [0.15, 0.2) is 0 Å². The highest BCUT2D eigenvalue weighted by Gasteiger charge is 1.81. The largest absolute Gasteiger partial charge is 0.345 e. The smallest absolute Gasteiger partial charge is 0.221 e. The molecule has 0 unspecified atom stereocenters. The Kier molecular flexibility index (Phi) is 2.78. The molecule has 1 amide bonds. The fourth-order valence-electron chi connectivity index (χ4n) is 0.150. The van der Waals surface area contributed by atoms with E-state index in [0.29, 0.717) is 0 Å². The zero-order valence-electron chi connectivity index (χ0n) is 3.90. The van der Waals surface area contributed by atoms with Crippen molar-refractivity contribution >= 4 is 5.91 Å². The van der Waals surface area contributed by atoms with Gasteiger partial charge in [-0.3, -0.25) is 4.79 Å². The van der Waals surface area contributed by atoms with Gasteiger partial charge in [-0.25, -0.2) is 0 Å². The predicted octanol–water partition coefficient (Wildman–Crippen LogP) is -0.430. The summed E-state index contributed by atoms with van der Waals surface area (Å²) >= 11 is 0. The van der Waals surface area contributed by atoms with E-state index in [2.05, 4.69) is 18.2 Å². The second-order valence-corrected chi connectivity index (χ2v) is 0.981. The van der Waals surface area contributed by atoms with Gasteiger partial charge in [0, 0.05) is 6.92 Å². The van der Waals surface area contributed by atoms with E-state index >= 15 is 0 Å². The average molecular weight is 96.1 g/mol. The molecule has 0 aromatic rings. The number of carbonyl (C=O) groups is 1. The Morgan fingerprint density at radius 2 is 2.57 bits per heavy atom. The zero-order valence-corrected chi connectivity index (χ0v) is 3.90. The van der Waals surface area contributed by atoms with Crippen LogP contribution in [0.4, 0.5) is 0 Å². The highest BCUT2D eigenvalue weighted by Crippen LogP contribution is 1.54. The van der Waals surface area contributed by atoms with Crippen LogP contribution in [0.5, 0.6) is 0 Å². The van der Waals surface area contributed by atoms with Crippen molar-refractivity contribution in [2.24, 2.45) is 0 Å². The van der Waals surface area contributed by atoms with Crippen molar-refractivity contribution in [2.45, 2.75) is 0 Å². The fourth-order valence-corrected chi connectivity index (χ4v) is 0.150. The minimum absolute atomic E-state index is 0.266. The number of rotatable bonds is 1. The first-order valence-corrected chi connectivity index (χ1v) is 1.80. The van der Waals surface area contributed by atoms with Crippen molar-refractivity contribution in [3.63, 3.8) is 0 Å². The van der Waals surface area contributed by atoms with Crippen LogP contribution in [0, 0.1) is 19.3 Å². The average Bonchev–Trinajstić information content (AvgIpc) is 1.61. The number of hydrogen-bond donors (Lipinski definition) is 1. The summed E-state index contributed by atoms with van der Waals surface area (Å²) in [4.78, 5) is 9.88. The number of carbonyl (C=O) groups excluding carboxylic acids is 1. The summed E-state index contributed by atoms with van der Waals surface area (Å²) in [6.45, 7) is 3.30. The molecule has 0 saturated carbocycles. The second kappa shape index (κ2) is 3.23. The monoisotopic (exact) mass is 96.0 g/mol. The van der Waals surface area contributed by atoms with Gasteiger partial charge >= 0.3 is 0 Å². The molecule has 1 N–H and O–H groups in total. The third kappa shape index (κ3) is 5.03. The first kappa shape index (κ1) is 6.03. The molecule has 0 heterocycles. The van der Waals surface area contributed by atoms with E-state index < -0.39 is 0 Å². The molecule has 0 aromatic carbocycles. The summed E-state index contributed by atoms with van der Waals surface area (Å²) in [5.74, 6) is 1.89. The molecule has 0 aliphatic rings. The van der Waals surface area contributed by atoms with Crippen LogP contribution in [-0.4, -0.2) is 12.5 Å². The van der Waals surface area contributed by atoms with Crippen molar-refractivity contribution in [3.05, 3.63) is 6.92 Å². The molecule has 0 spiro atoms. The highest BCUT2D eigenvalue weighted by molar-refractivity contribution is 5.80. The summed E-state index contributed by atoms with van der Waals surface area (Å²) in [6, 6.07) is 0. The minimum atomic E-state index is -0.335. The Morgan fingerprint density at radius 1 is 2.00 bits per heavy atom. The van der Waals surface area contributed by atoms with Gasteiger partial charge in [-0.15, -0.1) is 6.42 Å². The van der Waals surface area contributed by atoms with Crippen LogP contribution >= 0.6 is 0 Å². The Bertz CT molecular complexity index is 101. The van der Waals surface area contributed by atoms with Gasteiger partial charge < -0.3 is 5.32 Å². The van der Waals surface area contributed by atoms with Gasteiger partial charge in [-0.05, 0) is 0 Å². The first-order chi connectivity index (χ1) is 3.27. The lowest BCUT2D eigenvalue weighted by molar-refractivity contribution is -0.116. The molecule has 0 aromatic heterocycles. The normalized spacial score (nSPS) is 6.86. The Labute approximate surface area is 42.9 Å². The van der Waals surface area contributed by atoms with Crippen LogP contribution in [0.3, 0.4) is 0 Å². The molecule has 0 rings (SSSR count). The van der Waals surface area contributed by atoms with Crippen molar-refractivity contribution in [3.8, 4) is 12.3 Å². The van der Waals surface area contributed by atoms with Crippen LogP contribution in [0.2, 0.25) is 0 Å². The SMILES string of the molecule is C#CCNC([CH2])=O. The summed E-state index contributed by atoms with van der Waals surface area (Å²) in [5.41, 5.74) is 0. The van der Waals surface area contributed by atoms with E-state index in [-0.39, 0.29) is 12.5 Å². The number of amides is 1. The standard InChI is InChI=1S/C5H6NO/c1-3-4-6-5(2)7/h1H,2,4H2,(H,6,7). The zero-order chi connectivity index (χ0) is 5.70. The predicted molar refractivity (Wildman–Crippen MR) is 27.2 cm³/mol. The molecule has 7 heavy (non-hydrogen) atoms. The van der Waals surface area contributed by atoms with Gasteiger partial charge in [0.2, 0.25) is 5.91 Å². The lowest BCUT2D eigenvalue weighted by Gasteiger charge is -1.88. The molecule has 0 atom stereocenters. The van der Waals surface area contributed by atoms with Crippen LogP contribution in [0.25, 0.3) is 0 Å². The first-order valence-electron chi connectivity index (χ1n) is 1.80. The van der Waals surface area contributed by atoms with E-state index in [1.54, 1.807) is 0 Å². The molecule has 0 saturated heterocycles. The molecule has 0 aliphatic carbocycles. The Morgan fingerprint density at radius 3 is 2.71 bits per heavy atom. The maximum Gasteiger partial charge on any atom is 0.221 e. The minimum Gasteiger partial charge on any atom is -0.345 e. The van der Waals surface area contributed by atoms with Crippen LogP contribution in [0.1, 0.15) is 0 Å². The highest BCUT2D eigenvalue weighted by atomic mass is 16.1. The van der Waals surface area contributed by atoms with Gasteiger partial charge in [0.25, 0.3) is 0 Å². The van der Waals surface area contributed by atoms with Crippen LogP contribution in [-0.2, 0) is 4.79 Å². The second-order valence-electron chi connectivity index (χ2n) is 0.981. The third-order valence-electron chi connectivity index (χ3n) is 0.388. The molecule has 0 fully saturated rings. The number of nitrogens with one attached hydrogen (secondary N) is 1. The fraction of sp³-hybridized carbons (Fsp3) is 0.200. The quantitative estimate of drug-likeness (QED) is 0.441. The summed E-state index contributed by atoms with van der Waals surface area (Å²) in [5, 5.41) is 2.31. The van der Waals surface area contributed by atoms with Gasteiger partial charge in [0.05, 0.1) is 6.54 Å². The van der Waals surface area contributed by atoms with E-state index in [1.165, 1.54) is 0 Å². The molecule has 1 radical (unpaired) electrons. The molecule has 37 valence electrons. The van der Waals surface area contributed by atoms with Crippen molar-refractivity contribution in [2.75, 3.05) is 6.54 Å². The molecular formula is C5H6NO. The van der Waals surface area contributed by atoms with Gasteiger partial charge in [-0.2, -0.15) is 0 Å². The van der Waals surface area contributed by atoms with Crippen molar-refractivity contribution < 1.29 is 4.79 Å². The van der Waals surface area contributed by atoms with E-state index in [4.69, 9.17) is 6.42 Å². The van der Waals surface area contributed by atoms with Crippen molar-refractivity contribution in [1.29, 1.82) is 0 Å². The lowest BCUT2D eigenvalue weighted by Crippen LogP contribution is -2.19. The van der Waals surface area contributed by atoms with E-state index in [9.17, 15) is 4.79 Å². The Balaban J connectivity index is 3.02. The molecular weight excluding hydrogens is 90.1 g/mol. The van der Waals surface area contributed by atoms with Gasteiger partial charge in [0.1, 0.15) is 0 Å². The van der Waals surface area contributed by atoms with E-state index in [1.807, 2.05) is 0 Å². The molecule has 2 heteroatoms. The molecule has 0 bridgehead atoms. The third-order valence-corrected chi connectivity index (χ3v) is 0.388. The van der Waals surface area contributed by atoms with E-state index in [0.717, 1.165) is 0 Å². The van der Waals surface area contributed by atoms with Crippen LogP contribution < -0.4 is 5.32 Å². The lowest BCUT2D eigenvalue weighted by atomic mass is 10.6. The maximum absolute atomic E-state index is 9.88. The number of terminal acetylenes is 1. The summed E-state index contributed by atoms with van der Waals surface area (Å²) in [6.07, 6.45) is 4.78. The number of hydrogen-bond acceptors (Lipinski definition) is 1.